The molecule has 1 aromatic carbocycles. The molecule has 0 saturated carbocycles. The topological polar surface area (TPSA) is 42.4 Å². The number of benzene rings is 1. The first-order valence-electron chi connectivity index (χ1n) is 7.03. The zero-order valence-electron chi connectivity index (χ0n) is 11.4. The number of furan rings is 1. The van der Waals surface area contributed by atoms with E-state index in [0.717, 1.165) is 36.2 Å². The van der Waals surface area contributed by atoms with Crippen molar-refractivity contribution < 1.29 is 4.42 Å². The number of fused-ring (bicyclic) bond motifs is 1. The second-order valence-electron chi connectivity index (χ2n) is 5.19. The van der Waals surface area contributed by atoms with Crippen LogP contribution in [-0.4, -0.2) is 24.5 Å². The molecule has 2 aromatic rings. The van der Waals surface area contributed by atoms with Crippen LogP contribution in [0.15, 0.2) is 45.5 Å². The predicted molar refractivity (Wildman–Crippen MR) is 83.6 cm³/mol. The molecule has 1 aromatic heterocycles. The number of hydrogen-bond acceptors (Lipinski definition) is 3. The molecule has 0 bridgehead atoms. The molecule has 1 aliphatic rings. The van der Waals surface area contributed by atoms with Crippen molar-refractivity contribution in [3.8, 4) is 0 Å². The van der Waals surface area contributed by atoms with E-state index in [-0.39, 0.29) is 6.04 Å². The van der Waals surface area contributed by atoms with Gasteiger partial charge < -0.3 is 10.2 Å². The third-order valence-electron chi connectivity index (χ3n) is 4.07. The molecule has 4 heteroatoms. The standard InChI is InChI=1S/C16H19BrN2O/c17-14-7-10-20-16(14)15(11-18)19-8-5-12-3-1-2-4-13(12)6-9-19/h1-4,7,10,15H,5-6,8-9,11,18H2. The van der Waals surface area contributed by atoms with E-state index in [1.807, 2.05) is 6.07 Å². The predicted octanol–water partition coefficient (Wildman–Crippen LogP) is 3.14. The van der Waals surface area contributed by atoms with Gasteiger partial charge in [-0.3, -0.25) is 4.90 Å². The van der Waals surface area contributed by atoms with Crippen molar-refractivity contribution in [3.05, 3.63) is 58.0 Å². The van der Waals surface area contributed by atoms with Crippen molar-refractivity contribution >= 4 is 15.9 Å². The van der Waals surface area contributed by atoms with E-state index < -0.39 is 0 Å². The lowest BCUT2D eigenvalue weighted by molar-refractivity contribution is 0.186. The first-order valence-corrected chi connectivity index (χ1v) is 7.82. The van der Waals surface area contributed by atoms with Crippen molar-refractivity contribution in [2.45, 2.75) is 18.9 Å². The van der Waals surface area contributed by atoms with E-state index in [2.05, 4.69) is 45.1 Å². The Hall–Kier alpha value is -1.10. The SMILES string of the molecule is NCC(c1occc1Br)N1CCc2ccccc2CC1. The van der Waals surface area contributed by atoms with E-state index in [9.17, 15) is 0 Å². The highest BCUT2D eigenvalue weighted by molar-refractivity contribution is 9.10. The van der Waals surface area contributed by atoms with Gasteiger partial charge in [0.15, 0.2) is 0 Å². The van der Waals surface area contributed by atoms with Gasteiger partial charge in [0.1, 0.15) is 5.76 Å². The summed E-state index contributed by atoms with van der Waals surface area (Å²) >= 11 is 3.55. The fourth-order valence-electron chi connectivity index (χ4n) is 2.96. The normalized spacial score (nSPS) is 17.5. The van der Waals surface area contributed by atoms with E-state index in [0.29, 0.717) is 6.54 Å². The van der Waals surface area contributed by atoms with Crippen molar-refractivity contribution in [1.82, 2.24) is 4.90 Å². The summed E-state index contributed by atoms with van der Waals surface area (Å²) in [7, 11) is 0. The Morgan fingerprint density at radius 2 is 1.80 bits per heavy atom. The zero-order chi connectivity index (χ0) is 13.9. The highest BCUT2D eigenvalue weighted by Gasteiger charge is 2.25. The fraction of sp³-hybridized carbons (Fsp3) is 0.375. The van der Waals surface area contributed by atoms with Crippen LogP contribution in [-0.2, 0) is 12.8 Å². The minimum atomic E-state index is 0.147. The Labute approximate surface area is 127 Å². The van der Waals surface area contributed by atoms with Crippen LogP contribution in [0.5, 0.6) is 0 Å². The molecule has 0 saturated heterocycles. The number of halogens is 1. The van der Waals surface area contributed by atoms with Crippen LogP contribution in [0.4, 0.5) is 0 Å². The summed E-state index contributed by atoms with van der Waals surface area (Å²) in [6.45, 7) is 2.61. The van der Waals surface area contributed by atoms with Gasteiger partial charge in [-0.25, -0.2) is 0 Å². The number of nitrogens with two attached hydrogens (primary N) is 1. The summed E-state index contributed by atoms with van der Waals surface area (Å²) < 4.78 is 6.63. The highest BCUT2D eigenvalue weighted by atomic mass is 79.9. The molecule has 20 heavy (non-hydrogen) atoms. The molecule has 1 unspecified atom stereocenters. The molecule has 0 fully saturated rings. The van der Waals surface area contributed by atoms with Gasteiger partial charge in [0.05, 0.1) is 16.8 Å². The Bertz CT molecular complexity index is 554. The van der Waals surface area contributed by atoms with Crippen molar-refractivity contribution in [2.24, 2.45) is 5.73 Å². The van der Waals surface area contributed by atoms with Crippen molar-refractivity contribution in [3.63, 3.8) is 0 Å². The molecule has 2 heterocycles. The Morgan fingerprint density at radius 3 is 2.30 bits per heavy atom. The molecule has 0 amide bonds. The van der Waals surface area contributed by atoms with E-state index in [1.54, 1.807) is 6.26 Å². The van der Waals surface area contributed by atoms with Gasteiger partial charge in [-0.2, -0.15) is 0 Å². The molecule has 1 aliphatic heterocycles. The molecule has 3 nitrogen and oxygen atoms in total. The second kappa shape index (κ2) is 6.12. The van der Waals surface area contributed by atoms with Gasteiger partial charge in [-0.05, 0) is 46.0 Å². The summed E-state index contributed by atoms with van der Waals surface area (Å²) in [6, 6.07) is 10.8. The monoisotopic (exact) mass is 334 g/mol. The van der Waals surface area contributed by atoms with Crippen LogP contribution in [0.3, 0.4) is 0 Å². The minimum Gasteiger partial charge on any atom is -0.466 e. The first-order chi connectivity index (χ1) is 9.79. The maximum Gasteiger partial charge on any atom is 0.136 e. The summed E-state index contributed by atoms with van der Waals surface area (Å²) in [5.41, 5.74) is 8.92. The summed E-state index contributed by atoms with van der Waals surface area (Å²) in [5, 5.41) is 0. The van der Waals surface area contributed by atoms with Crippen molar-refractivity contribution in [1.29, 1.82) is 0 Å². The lowest BCUT2D eigenvalue weighted by Gasteiger charge is -2.28. The van der Waals surface area contributed by atoms with Crippen LogP contribution in [0, 0.1) is 0 Å². The third-order valence-corrected chi connectivity index (χ3v) is 4.72. The van der Waals surface area contributed by atoms with Gasteiger partial charge in [0.25, 0.3) is 0 Å². The number of nitrogens with zero attached hydrogens (tertiary/aromatic N) is 1. The molecule has 2 N–H and O–H groups in total. The fourth-order valence-corrected chi connectivity index (χ4v) is 3.43. The quantitative estimate of drug-likeness (QED) is 0.937. The Morgan fingerprint density at radius 1 is 1.15 bits per heavy atom. The van der Waals surface area contributed by atoms with Crippen LogP contribution in [0.1, 0.15) is 22.9 Å². The summed E-state index contributed by atoms with van der Waals surface area (Å²) in [4.78, 5) is 2.43. The highest BCUT2D eigenvalue weighted by Crippen LogP contribution is 2.30. The number of hydrogen-bond donors (Lipinski definition) is 1. The largest absolute Gasteiger partial charge is 0.466 e. The second-order valence-corrected chi connectivity index (χ2v) is 6.04. The molecule has 0 aliphatic carbocycles. The Kier molecular flexibility index (Phi) is 4.24. The molecule has 0 spiro atoms. The lowest BCUT2D eigenvalue weighted by atomic mass is 10.0. The van der Waals surface area contributed by atoms with E-state index >= 15 is 0 Å². The summed E-state index contributed by atoms with van der Waals surface area (Å²) in [6.07, 6.45) is 3.87. The Balaban J connectivity index is 1.80. The molecular formula is C16H19BrN2O. The van der Waals surface area contributed by atoms with Gasteiger partial charge in [-0.1, -0.05) is 24.3 Å². The lowest BCUT2D eigenvalue weighted by Crippen LogP contribution is -2.35. The van der Waals surface area contributed by atoms with Crippen LogP contribution in [0.2, 0.25) is 0 Å². The zero-order valence-corrected chi connectivity index (χ0v) is 13.0. The van der Waals surface area contributed by atoms with E-state index in [1.165, 1.54) is 11.1 Å². The van der Waals surface area contributed by atoms with Gasteiger partial charge in [0.2, 0.25) is 0 Å². The van der Waals surface area contributed by atoms with Gasteiger partial charge in [0, 0.05) is 19.6 Å². The molecule has 1 atom stereocenters. The van der Waals surface area contributed by atoms with Crippen LogP contribution in [0.25, 0.3) is 0 Å². The van der Waals surface area contributed by atoms with Gasteiger partial charge >= 0.3 is 0 Å². The molecule has 106 valence electrons. The average molecular weight is 335 g/mol. The molecular weight excluding hydrogens is 316 g/mol. The first kappa shape index (κ1) is 13.9. The van der Waals surface area contributed by atoms with Crippen molar-refractivity contribution in [2.75, 3.05) is 19.6 Å². The van der Waals surface area contributed by atoms with Crippen LogP contribution < -0.4 is 5.73 Å². The molecule has 0 radical (unpaired) electrons. The maximum atomic E-state index is 6.00. The number of rotatable bonds is 3. The van der Waals surface area contributed by atoms with Crippen LogP contribution >= 0.6 is 15.9 Å². The smallest absolute Gasteiger partial charge is 0.136 e. The average Bonchev–Trinajstić information content (AvgIpc) is 2.77. The summed E-state index contributed by atoms with van der Waals surface area (Å²) in [5.74, 6) is 0.943. The van der Waals surface area contributed by atoms with E-state index in [4.69, 9.17) is 10.2 Å². The molecule has 3 rings (SSSR count). The van der Waals surface area contributed by atoms with Gasteiger partial charge in [-0.15, -0.1) is 0 Å². The third kappa shape index (κ3) is 2.68. The minimum absolute atomic E-state index is 0.147. The maximum absolute atomic E-state index is 6.00.